The maximum Gasteiger partial charge on any atom is 0.321 e. The number of likely N-dealkylation sites (tertiary alicyclic amines) is 1. The van der Waals surface area contributed by atoms with Crippen molar-refractivity contribution in [2.75, 3.05) is 62.6 Å². The molecule has 0 saturated carbocycles. The number of anilines is 2. The number of benzene rings is 3. The summed E-state index contributed by atoms with van der Waals surface area (Å²) in [7, 11) is 0. The fraction of sp³-hybridized carbons (Fsp3) is 0.444. The van der Waals surface area contributed by atoms with Crippen LogP contribution < -0.4 is 15.0 Å². The molecule has 0 atom stereocenters. The largest absolute Gasteiger partial charge is 0.492 e. The average molecular weight is 595 g/mol. The third kappa shape index (κ3) is 7.18. The number of nitrogens with zero attached hydrogens (tertiary/aromatic N) is 4. The van der Waals surface area contributed by atoms with E-state index in [4.69, 9.17) is 9.72 Å². The first kappa shape index (κ1) is 30.0. The summed E-state index contributed by atoms with van der Waals surface area (Å²) in [6, 6.07) is 22.9. The zero-order valence-electron chi connectivity index (χ0n) is 26.4. The Hall–Kier alpha value is -4.04. The smallest absolute Gasteiger partial charge is 0.321 e. The van der Waals surface area contributed by atoms with Crippen LogP contribution in [0.15, 0.2) is 66.7 Å². The average Bonchev–Trinajstić information content (AvgIpc) is 3.28. The molecule has 2 N–H and O–H groups in total. The lowest BCUT2D eigenvalue weighted by molar-refractivity contribution is 0.200. The minimum atomic E-state index is -0.00502. The van der Waals surface area contributed by atoms with Crippen LogP contribution in [0, 0.1) is 0 Å². The molecule has 0 unspecified atom stereocenters. The SMILES string of the molecule is CC(C)(C)c1ccc(-c2nc3c(N4CCN(CCOc5ccc(NC(=O)N6CCCCCC6)cc5)CC4)cccc3[nH]2)cc1. The van der Waals surface area contributed by atoms with Gasteiger partial charge in [0.25, 0.3) is 0 Å². The molecule has 3 aromatic carbocycles. The van der Waals surface area contributed by atoms with Gasteiger partial charge < -0.3 is 24.8 Å². The standard InChI is InChI=1S/C36H46N6O2/c1-36(2,3)28-13-11-27(12-14-28)34-38-31-9-8-10-32(33(31)39-34)41-23-21-40(22-24-41)25-26-44-30-17-15-29(16-18-30)37-35(43)42-19-6-4-5-7-20-42/h8-18H,4-7,19-26H2,1-3H3,(H,37,43)(H,38,39). The number of nitrogens with one attached hydrogen (secondary N) is 2. The summed E-state index contributed by atoms with van der Waals surface area (Å²) in [5.74, 6) is 1.74. The number of hydrogen-bond donors (Lipinski definition) is 2. The van der Waals surface area contributed by atoms with Crippen LogP contribution in [-0.2, 0) is 5.41 Å². The number of hydrogen-bond acceptors (Lipinski definition) is 5. The molecule has 44 heavy (non-hydrogen) atoms. The van der Waals surface area contributed by atoms with E-state index in [0.29, 0.717) is 6.61 Å². The quantitative estimate of drug-likeness (QED) is 0.238. The maximum absolute atomic E-state index is 12.6. The molecule has 2 aliphatic heterocycles. The van der Waals surface area contributed by atoms with Crippen molar-refractivity contribution in [2.45, 2.75) is 51.9 Å². The van der Waals surface area contributed by atoms with Crippen LogP contribution in [0.4, 0.5) is 16.2 Å². The molecule has 232 valence electrons. The maximum atomic E-state index is 12.6. The predicted octanol–water partition coefficient (Wildman–Crippen LogP) is 7.14. The summed E-state index contributed by atoms with van der Waals surface area (Å²) in [4.78, 5) is 28.0. The highest BCUT2D eigenvalue weighted by Gasteiger charge is 2.21. The second-order valence-corrected chi connectivity index (χ2v) is 13.1. The number of rotatable bonds is 7. The molecule has 2 aliphatic rings. The molecule has 2 saturated heterocycles. The monoisotopic (exact) mass is 594 g/mol. The fourth-order valence-corrected chi connectivity index (χ4v) is 6.15. The first-order valence-electron chi connectivity index (χ1n) is 16.2. The van der Waals surface area contributed by atoms with Crippen molar-refractivity contribution in [3.8, 4) is 17.1 Å². The summed E-state index contributed by atoms with van der Waals surface area (Å²) in [5.41, 5.74) is 6.66. The Balaban J connectivity index is 0.983. The van der Waals surface area contributed by atoms with E-state index in [1.807, 2.05) is 29.2 Å². The summed E-state index contributed by atoms with van der Waals surface area (Å²) in [6.07, 6.45) is 4.59. The number of aromatic nitrogens is 2. The number of fused-ring (bicyclic) bond motifs is 1. The van der Waals surface area contributed by atoms with Gasteiger partial charge in [0.1, 0.15) is 23.7 Å². The molecule has 8 heteroatoms. The Morgan fingerprint density at radius 3 is 2.25 bits per heavy atom. The van der Waals surface area contributed by atoms with Crippen molar-refractivity contribution in [1.82, 2.24) is 19.8 Å². The Morgan fingerprint density at radius 1 is 0.864 bits per heavy atom. The lowest BCUT2D eigenvalue weighted by Gasteiger charge is -2.36. The number of H-pyrrole nitrogens is 1. The van der Waals surface area contributed by atoms with E-state index in [0.717, 1.165) is 92.5 Å². The first-order valence-corrected chi connectivity index (χ1v) is 16.2. The first-order chi connectivity index (χ1) is 21.3. The van der Waals surface area contributed by atoms with Crippen molar-refractivity contribution in [3.63, 3.8) is 0 Å². The molecule has 2 fully saturated rings. The van der Waals surface area contributed by atoms with Gasteiger partial charge in [-0.1, -0.05) is 63.9 Å². The number of carbonyl (C=O) groups is 1. The highest BCUT2D eigenvalue weighted by molar-refractivity contribution is 5.91. The van der Waals surface area contributed by atoms with E-state index in [1.165, 1.54) is 24.1 Å². The second kappa shape index (κ2) is 13.3. The number of imidazole rings is 1. The number of para-hydroxylation sites is 1. The molecule has 0 aliphatic carbocycles. The molecule has 0 bridgehead atoms. The molecule has 4 aromatic rings. The summed E-state index contributed by atoms with van der Waals surface area (Å²) >= 11 is 0. The van der Waals surface area contributed by atoms with Gasteiger partial charge in [-0.15, -0.1) is 0 Å². The fourth-order valence-electron chi connectivity index (χ4n) is 6.15. The number of amides is 2. The van der Waals surface area contributed by atoms with E-state index in [2.05, 4.69) is 83.3 Å². The number of urea groups is 1. The minimum Gasteiger partial charge on any atom is -0.492 e. The van der Waals surface area contributed by atoms with Crippen LogP contribution in [0.3, 0.4) is 0 Å². The third-order valence-corrected chi connectivity index (χ3v) is 8.90. The molecule has 3 heterocycles. The molecule has 8 nitrogen and oxygen atoms in total. The van der Waals surface area contributed by atoms with E-state index >= 15 is 0 Å². The van der Waals surface area contributed by atoms with Crippen molar-refractivity contribution in [1.29, 1.82) is 0 Å². The van der Waals surface area contributed by atoms with Crippen LogP contribution in [0.25, 0.3) is 22.4 Å². The Bertz CT molecular complexity index is 1520. The Kier molecular flexibility index (Phi) is 9.07. The summed E-state index contributed by atoms with van der Waals surface area (Å²) < 4.78 is 6.05. The van der Waals surface area contributed by atoms with Gasteiger partial charge >= 0.3 is 6.03 Å². The third-order valence-electron chi connectivity index (χ3n) is 8.90. The second-order valence-electron chi connectivity index (χ2n) is 13.1. The van der Waals surface area contributed by atoms with Gasteiger partial charge in [0.2, 0.25) is 0 Å². The van der Waals surface area contributed by atoms with Crippen LogP contribution in [0.1, 0.15) is 52.0 Å². The molecular weight excluding hydrogens is 548 g/mol. The normalized spacial score (nSPS) is 16.6. The molecule has 6 rings (SSSR count). The Labute approximate surface area is 261 Å². The van der Waals surface area contributed by atoms with Crippen LogP contribution in [-0.4, -0.2) is 78.2 Å². The summed E-state index contributed by atoms with van der Waals surface area (Å²) in [6.45, 7) is 13.8. The van der Waals surface area contributed by atoms with Crippen LogP contribution in [0.2, 0.25) is 0 Å². The number of carbonyl (C=O) groups excluding carboxylic acids is 1. The predicted molar refractivity (Wildman–Crippen MR) is 180 cm³/mol. The van der Waals surface area contributed by atoms with Crippen molar-refractivity contribution in [3.05, 3.63) is 72.3 Å². The topological polar surface area (TPSA) is 76.7 Å². The van der Waals surface area contributed by atoms with Crippen molar-refractivity contribution >= 4 is 28.4 Å². The number of ether oxygens (including phenoxy) is 1. The van der Waals surface area contributed by atoms with Gasteiger partial charge in [0.05, 0.1) is 11.2 Å². The van der Waals surface area contributed by atoms with Gasteiger partial charge in [0.15, 0.2) is 0 Å². The van der Waals surface area contributed by atoms with Gasteiger partial charge in [-0.05, 0) is 60.2 Å². The van der Waals surface area contributed by atoms with E-state index in [1.54, 1.807) is 0 Å². The van der Waals surface area contributed by atoms with E-state index < -0.39 is 0 Å². The highest BCUT2D eigenvalue weighted by atomic mass is 16.5. The van der Waals surface area contributed by atoms with Crippen LogP contribution >= 0.6 is 0 Å². The van der Waals surface area contributed by atoms with Gasteiger partial charge in [-0.3, -0.25) is 4.90 Å². The zero-order valence-corrected chi connectivity index (χ0v) is 26.4. The van der Waals surface area contributed by atoms with Gasteiger partial charge in [-0.2, -0.15) is 0 Å². The van der Waals surface area contributed by atoms with Gasteiger partial charge in [0, 0.05) is 57.1 Å². The zero-order chi connectivity index (χ0) is 30.5. The van der Waals surface area contributed by atoms with E-state index in [-0.39, 0.29) is 11.4 Å². The minimum absolute atomic E-state index is 0.00502. The lowest BCUT2D eigenvalue weighted by Crippen LogP contribution is -2.47. The molecule has 1 aromatic heterocycles. The van der Waals surface area contributed by atoms with Crippen LogP contribution in [0.5, 0.6) is 5.75 Å². The number of aromatic amines is 1. The molecule has 2 amide bonds. The highest BCUT2D eigenvalue weighted by Crippen LogP contribution is 2.30. The van der Waals surface area contributed by atoms with E-state index in [9.17, 15) is 4.79 Å². The molecular formula is C36H46N6O2. The molecule has 0 radical (unpaired) electrons. The summed E-state index contributed by atoms with van der Waals surface area (Å²) in [5, 5.41) is 3.03. The number of piperazine rings is 1. The van der Waals surface area contributed by atoms with Crippen molar-refractivity contribution < 1.29 is 9.53 Å². The van der Waals surface area contributed by atoms with Crippen molar-refractivity contribution in [2.24, 2.45) is 0 Å². The van der Waals surface area contributed by atoms with Gasteiger partial charge in [-0.25, -0.2) is 9.78 Å². The lowest BCUT2D eigenvalue weighted by atomic mass is 9.87. The molecule has 0 spiro atoms. The Morgan fingerprint density at radius 2 is 1.57 bits per heavy atom.